The third-order valence-electron chi connectivity index (χ3n) is 7.39. The predicted molar refractivity (Wildman–Crippen MR) is 155 cm³/mol. The minimum Gasteiger partial charge on any atom is -0.497 e. The van der Waals surface area contributed by atoms with E-state index < -0.39 is 10.0 Å². The molecule has 2 aromatic rings. The van der Waals surface area contributed by atoms with Gasteiger partial charge in [-0.1, -0.05) is 12.1 Å². The molecule has 1 amide bonds. The van der Waals surface area contributed by atoms with Crippen molar-refractivity contribution in [3.63, 3.8) is 0 Å². The van der Waals surface area contributed by atoms with Gasteiger partial charge in [-0.25, -0.2) is 8.42 Å². The molecule has 0 aliphatic carbocycles. The molecule has 0 aromatic heterocycles. The summed E-state index contributed by atoms with van der Waals surface area (Å²) in [5.41, 5.74) is 3.50. The molecule has 1 heterocycles. The summed E-state index contributed by atoms with van der Waals surface area (Å²) in [4.78, 5) is 19.2. The normalized spacial score (nSPS) is 16.1. The van der Waals surface area contributed by atoms with E-state index in [-0.39, 0.29) is 30.6 Å². The molecule has 10 heteroatoms. The molecule has 0 radical (unpaired) electrons. The lowest BCUT2D eigenvalue weighted by Crippen LogP contribution is -2.45. The van der Waals surface area contributed by atoms with Crippen molar-refractivity contribution in [2.24, 2.45) is 0 Å². The minimum atomic E-state index is -3.71. The van der Waals surface area contributed by atoms with E-state index in [9.17, 15) is 13.2 Å². The molecule has 0 saturated carbocycles. The van der Waals surface area contributed by atoms with E-state index in [1.54, 1.807) is 45.0 Å². The van der Waals surface area contributed by atoms with Crippen LogP contribution in [0.2, 0.25) is 0 Å². The number of hydrogen-bond donors (Lipinski definition) is 0. The molecule has 0 bridgehead atoms. The Kier molecular flexibility index (Phi) is 10.8. The van der Waals surface area contributed by atoms with Gasteiger partial charge in [-0.05, 0) is 81.7 Å². The van der Waals surface area contributed by atoms with Gasteiger partial charge in [0.25, 0.3) is 0 Å². The minimum absolute atomic E-state index is 0.108. The maximum atomic E-state index is 13.1. The van der Waals surface area contributed by atoms with Gasteiger partial charge in [0, 0.05) is 52.0 Å². The number of likely N-dealkylation sites (N-methyl/N-ethyl adjacent to an activating group) is 3. The Balaban J connectivity index is 1.46. The average molecular weight is 561 g/mol. The molecular weight excluding hydrogens is 516 g/mol. The first-order chi connectivity index (χ1) is 18.4. The number of rotatable bonds is 12. The molecule has 9 nitrogen and oxygen atoms in total. The second kappa shape index (κ2) is 13.6. The van der Waals surface area contributed by atoms with Crippen LogP contribution >= 0.6 is 0 Å². The van der Waals surface area contributed by atoms with Gasteiger partial charge in [-0.2, -0.15) is 4.31 Å². The van der Waals surface area contributed by atoms with Gasteiger partial charge in [0.2, 0.25) is 15.9 Å². The number of carbonyl (C=O) groups excluding carboxylic acids is 1. The van der Waals surface area contributed by atoms with Crippen LogP contribution in [-0.4, -0.2) is 103 Å². The topological polar surface area (TPSA) is 82.6 Å². The molecule has 1 saturated heterocycles. The van der Waals surface area contributed by atoms with E-state index in [1.807, 2.05) is 0 Å². The highest BCUT2D eigenvalue weighted by Crippen LogP contribution is 2.28. The first-order valence-corrected chi connectivity index (χ1v) is 14.8. The number of aryl methyl sites for hydroxylation is 2. The van der Waals surface area contributed by atoms with Gasteiger partial charge < -0.3 is 24.2 Å². The van der Waals surface area contributed by atoms with Crippen LogP contribution in [0.5, 0.6) is 5.75 Å². The largest absolute Gasteiger partial charge is 0.497 e. The van der Waals surface area contributed by atoms with Crippen molar-refractivity contribution >= 4 is 21.6 Å². The van der Waals surface area contributed by atoms with E-state index in [1.165, 1.54) is 29.9 Å². The summed E-state index contributed by atoms with van der Waals surface area (Å²) in [6.07, 6.45) is 2.41. The molecule has 1 fully saturated rings. The van der Waals surface area contributed by atoms with E-state index in [2.05, 4.69) is 48.2 Å². The van der Waals surface area contributed by atoms with Crippen LogP contribution in [0, 0.1) is 13.8 Å². The number of ether oxygens (including phenoxy) is 2. The molecule has 0 spiro atoms. The third kappa shape index (κ3) is 7.94. The van der Waals surface area contributed by atoms with Gasteiger partial charge in [0.05, 0.1) is 18.6 Å². The smallest absolute Gasteiger partial charge is 0.248 e. The SMILES string of the molecule is COc1cc(C)c(S(=O)(=O)N(C)CCOCC(=O)N(C)Cc2ccc(N3CCCC(N(C)C)C3)cc2)c(C)c1. The van der Waals surface area contributed by atoms with E-state index >= 15 is 0 Å². The fraction of sp³-hybridized carbons (Fsp3) is 0.552. The molecule has 216 valence electrons. The van der Waals surface area contributed by atoms with Crippen molar-refractivity contribution in [1.82, 2.24) is 14.1 Å². The molecule has 1 aliphatic rings. The molecule has 39 heavy (non-hydrogen) atoms. The fourth-order valence-corrected chi connectivity index (χ4v) is 6.52. The van der Waals surface area contributed by atoms with Gasteiger partial charge in [0.15, 0.2) is 0 Å². The lowest BCUT2D eigenvalue weighted by molar-refractivity contribution is -0.135. The number of benzene rings is 2. The van der Waals surface area contributed by atoms with Crippen LogP contribution in [0.25, 0.3) is 0 Å². The fourth-order valence-electron chi connectivity index (χ4n) is 4.96. The standard InChI is InChI=1S/C29H44N4O5S/c1-22-17-27(37-7)18-23(2)29(22)39(35,36)32(6)15-16-38-21-28(34)31(5)19-24-10-12-25(13-11-24)33-14-8-9-26(20-33)30(3)4/h10-13,17-18,26H,8-9,14-16,19-21H2,1-7H3. The Morgan fingerprint density at radius 3 is 2.28 bits per heavy atom. The second-order valence-electron chi connectivity index (χ2n) is 10.6. The zero-order valence-corrected chi connectivity index (χ0v) is 25.3. The summed E-state index contributed by atoms with van der Waals surface area (Å²) < 4.78 is 38.3. The number of piperidine rings is 1. The summed E-state index contributed by atoms with van der Waals surface area (Å²) in [5, 5.41) is 0. The van der Waals surface area contributed by atoms with Crippen LogP contribution in [-0.2, 0) is 26.1 Å². The molecule has 1 aliphatic heterocycles. The number of carbonyl (C=O) groups is 1. The van der Waals surface area contributed by atoms with Gasteiger partial charge in [0.1, 0.15) is 12.4 Å². The van der Waals surface area contributed by atoms with Crippen LogP contribution in [0.3, 0.4) is 0 Å². The van der Waals surface area contributed by atoms with Crippen molar-refractivity contribution in [2.45, 2.75) is 44.2 Å². The quantitative estimate of drug-likeness (QED) is 0.369. The summed E-state index contributed by atoms with van der Waals surface area (Å²) in [6, 6.07) is 12.4. The molecular formula is C29H44N4O5S. The first-order valence-electron chi connectivity index (χ1n) is 13.4. The zero-order valence-electron chi connectivity index (χ0n) is 24.4. The summed E-state index contributed by atoms with van der Waals surface area (Å²) in [7, 11) is 5.39. The highest BCUT2D eigenvalue weighted by molar-refractivity contribution is 7.89. The molecule has 1 atom stereocenters. The van der Waals surface area contributed by atoms with Crippen molar-refractivity contribution in [1.29, 1.82) is 0 Å². The number of nitrogens with zero attached hydrogens (tertiary/aromatic N) is 4. The Hall–Kier alpha value is -2.66. The van der Waals surface area contributed by atoms with E-state index in [0.29, 0.717) is 29.5 Å². The Morgan fingerprint density at radius 2 is 1.69 bits per heavy atom. The molecule has 0 N–H and O–H groups in total. The van der Waals surface area contributed by atoms with Gasteiger partial charge >= 0.3 is 0 Å². The van der Waals surface area contributed by atoms with Crippen LogP contribution in [0.1, 0.15) is 29.5 Å². The summed E-state index contributed by atoms with van der Waals surface area (Å²) in [5.74, 6) is 0.463. The summed E-state index contributed by atoms with van der Waals surface area (Å²) in [6.45, 7) is 6.22. The van der Waals surface area contributed by atoms with Crippen molar-refractivity contribution < 1.29 is 22.7 Å². The van der Waals surface area contributed by atoms with Crippen molar-refractivity contribution in [2.75, 3.05) is 73.0 Å². The second-order valence-corrected chi connectivity index (χ2v) is 12.6. The maximum Gasteiger partial charge on any atom is 0.248 e. The average Bonchev–Trinajstić information content (AvgIpc) is 2.90. The predicted octanol–water partition coefficient (Wildman–Crippen LogP) is 3.14. The Morgan fingerprint density at radius 1 is 1.05 bits per heavy atom. The monoisotopic (exact) mass is 560 g/mol. The van der Waals surface area contributed by atoms with E-state index in [4.69, 9.17) is 9.47 Å². The lowest BCUT2D eigenvalue weighted by Gasteiger charge is -2.37. The number of anilines is 1. The molecule has 2 aromatic carbocycles. The number of amides is 1. The Bertz CT molecular complexity index is 1190. The lowest BCUT2D eigenvalue weighted by atomic mass is 10.0. The van der Waals surface area contributed by atoms with Crippen LogP contribution < -0.4 is 9.64 Å². The summed E-state index contributed by atoms with van der Waals surface area (Å²) >= 11 is 0. The van der Waals surface area contributed by atoms with Crippen LogP contribution in [0.15, 0.2) is 41.3 Å². The highest BCUT2D eigenvalue weighted by Gasteiger charge is 2.25. The van der Waals surface area contributed by atoms with Gasteiger partial charge in [-0.3, -0.25) is 4.79 Å². The first kappa shape index (κ1) is 30.9. The van der Waals surface area contributed by atoms with Crippen molar-refractivity contribution in [3.8, 4) is 5.75 Å². The maximum absolute atomic E-state index is 13.1. The number of sulfonamides is 1. The highest BCUT2D eigenvalue weighted by atomic mass is 32.2. The number of methoxy groups -OCH3 is 1. The third-order valence-corrected chi connectivity index (χ3v) is 9.55. The van der Waals surface area contributed by atoms with Crippen molar-refractivity contribution in [3.05, 3.63) is 53.1 Å². The molecule has 1 unspecified atom stereocenters. The van der Waals surface area contributed by atoms with E-state index in [0.717, 1.165) is 18.7 Å². The zero-order chi connectivity index (χ0) is 28.7. The van der Waals surface area contributed by atoms with Gasteiger partial charge in [-0.15, -0.1) is 0 Å². The van der Waals surface area contributed by atoms with Crippen LogP contribution in [0.4, 0.5) is 5.69 Å². The number of hydrogen-bond acceptors (Lipinski definition) is 7. The molecule has 3 rings (SSSR count). The Labute approximate surface area is 234 Å².